The molecule has 12 nitrogen and oxygen atoms in total. The molecule has 2 N–H and O–H groups in total. The topological polar surface area (TPSA) is 165 Å². The molecule has 1 aromatic carbocycles. The molecule has 2 aromatic heterocycles. The number of carbonyl (C=O) groups is 3. The second-order valence-electron chi connectivity index (χ2n) is 11.2. The molecule has 1 fully saturated rings. The van der Waals surface area contributed by atoms with Gasteiger partial charge in [-0.2, -0.15) is 0 Å². The van der Waals surface area contributed by atoms with Gasteiger partial charge in [0.1, 0.15) is 22.6 Å². The lowest BCUT2D eigenvalue weighted by Crippen LogP contribution is -2.66. The van der Waals surface area contributed by atoms with Crippen LogP contribution in [0.4, 0.5) is 4.79 Å². The molecular weight excluding hydrogens is 586 g/mol. The zero-order valence-electron chi connectivity index (χ0n) is 23.9. The lowest BCUT2D eigenvalue weighted by molar-refractivity contribution is -0.167. The Bertz CT molecular complexity index is 1760. The number of carboxylic acid groups (broad SMARTS) is 1. The van der Waals surface area contributed by atoms with E-state index in [-0.39, 0.29) is 29.3 Å². The highest BCUT2D eigenvalue weighted by Crippen LogP contribution is 2.60. The van der Waals surface area contributed by atoms with Gasteiger partial charge in [-0.05, 0) is 45.2 Å². The number of hydrogen-bond donors (Lipinski definition) is 2. The number of nitrogens with zero attached hydrogens (tertiary/aromatic N) is 3. The predicted molar refractivity (Wildman–Crippen MR) is 152 cm³/mol. The van der Waals surface area contributed by atoms with Crippen molar-refractivity contribution in [3.05, 3.63) is 51.9 Å². The van der Waals surface area contributed by atoms with Gasteiger partial charge in [0.15, 0.2) is 14.9 Å². The van der Waals surface area contributed by atoms with Gasteiger partial charge in [-0.15, -0.1) is 11.3 Å². The third kappa shape index (κ3) is 4.67. The van der Waals surface area contributed by atoms with Gasteiger partial charge in [-0.25, -0.2) is 23.0 Å². The third-order valence-corrected chi connectivity index (χ3v) is 10.2. The normalized spacial score (nSPS) is 22.7. The number of β-lactam (4-membered cyclic amide) rings is 1. The summed E-state index contributed by atoms with van der Waals surface area (Å²) < 4.78 is 37.0. The summed E-state index contributed by atoms with van der Waals surface area (Å²) in [6.45, 7) is 8.62. The smallest absolute Gasteiger partial charge is 0.477 e. The Hall–Kier alpha value is -3.75. The number of ether oxygens (including phenoxy) is 2. The fourth-order valence-electron chi connectivity index (χ4n) is 6.27. The van der Waals surface area contributed by atoms with Crippen molar-refractivity contribution in [3.8, 4) is 5.75 Å². The van der Waals surface area contributed by atoms with E-state index in [4.69, 9.17) is 9.47 Å². The van der Waals surface area contributed by atoms with Crippen LogP contribution < -0.4 is 4.74 Å². The molecule has 42 heavy (non-hydrogen) atoms. The number of aliphatic carboxylic acids is 1. The monoisotopic (exact) mass is 617 g/mol. The van der Waals surface area contributed by atoms with Crippen LogP contribution in [-0.4, -0.2) is 76.0 Å². The number of fused-ring (bicyclic) bond motifs is 2. The quantitative estimate of drug-likeness (QED) is 0.218. The van der Waals surface area contributed by atoms with Gasteiger partial charge in [0, 0.05) is 23.4 Å². The van der Waals surface area contributed by atoms with E-state index in [1.54, 1.807) is 13.1 Å². The van der Waals surface area contributed by atoms with Crippen LogP contribution in [0, 0.1) is 32.1 Å². The SMILES string of the molecule is Cc1cc(C)c(OC(=O)OCCC2(C)C(c3cn4cnc(S(C)(=O)=O)c4s3)=C(C(=O)O)N3C(=O)C([C@@H](C)O)[C@@H]32)c(C)c1. The first kappa shape index (κ1) is 29.7. The molecule has 2 aliphatic rings. The predicted octanol–water partition coefficient (Wildman–Crippen LogP) is 3.35. The molecule has 1 amide bonds. The number of amides is 1. The van der Waals surface area contributed by atoms with Crippen LogP contribution >= 0.6 is 11.3 Å². The van der Waals surface area contributed by atoms with Crippen LogP contribution in [0.1, 0.15) is 41.8 Å². The average Bonchev–Trinajstić information content (AvgIpc) is 3.49. The second-order valence-corrected chi connectivity index (χ2v) is 14.1. The molecule has 5 rings (SSSR count). The molecule has 4 atom stereocenters. The van der Waals surface area contributed by atoms with Crippen molar-refractivity contribution in [1.29, 1.82) is 0 Å². The highest BCUT2D eigenvalue weighted by Gasteiger charge is 2.66. The number of carbonyl (C=O) groups excluding carboxylic acids is 2. The van der Waals surface area contributed by atoms with E-state index in [0.717, 1.165) is 34.3 Å². The molecule has 224 valence electrons. The summed E-state index contributed by atoms with van der Waals surface area (Å²) in [6.07, 6.45) is 2.02. The zero-order valence-corrected chi connectivity index (χ0v) is 25.5. The van der Waals surface area contributed by atoms with Crippen LogP contribution in [0.15, 0.2) is 35.4 Å². The fraction of sp³-hybridized carbons (Fsp3) is 0.429. The minimum atomic E-state index is -3.67. The molecule has 0 aliphatic carbocycles. The molecule has 0 saturated carbocycles. The molecule has 2 aliphatic heterocycles. The largest absolute Gasteiger partial charge is 0.513 e. The standard InChI is InChI=1S/C28H31N3O9S2/c1-13-9-14(2)21(15(3)10-13)40-27(36)39-8-7-28(5)19(17-11-30-12-29-23(25(30)41-17)42(6,37)38)20(26(34)35)31-22(28)18(16(4)32)24(31)33/h9-12,16,18,22,32H,7-8H2,1-6H3,(H,34,35)/t16-,18?,22-,28?/m1/s1. The summed E-state index contributed by atoms with van der Waals surface area (Å²) >= 11 is 1.03. The minimum Gasteiger partial charge on any atom is -0.477 e. The number of aryl methyl sites for hydroxylation is 3. The van der Waals surface area contributed by atoms with Crippen LogP contribution in [0.3, 0.4) is 0 Å². The molecule has 14 heteroatoms. The van der Waals surface area contributed by atoms with Gasteiger partial charge in [0.2, 0.25) is 5.91 Å². The van der Waals surface area contributed by atoms with Gasteiger partial charge in [-0.3, -0.25) is 9.20 Å². The first-order valence-electron chi connectivity index (χ1n) is 13.1. The number of thiazole rings is 1. The average molecular weight is 618 g/mol. The van der Waals surface area contributed by atoms with Crippen molar-refractivity contribution in [2.45, 2.75) is 58.2 Å². The number of sulfone groups is 1. The van der Waals surface area contributed by atoms with E-state index in [1.165, 1.54) is 22.6 Å². The van der Waals surface area contributed by atoms with Gasteiger partial charge in [0.25, 0.3) is 0 Å². The molecule has 0 radical (unpaired) electrons. The molecule has 0 bridgehead atoms. The Morgan fingerprint density at radius 3 is 2.43 bits per heavy atom. The molecule has 4 heterocycles. The minimum absolute atomic E-state index is 0.0850. The third-order valence-electron chi connectivity index (χ3n) is 7.97. The molecule has 2 unspecified atom stereocenters. The van der Waals surface area contributed by atoms with Crippen molar-refractivity contribution in [1.82, 2.24) is 14.3 Å². The number of benzene rings is 1. The zero-order chi connectivity index (χ0) is 30.9. The number of aliphatic hydroxyl groups is 1. The first-order valence-corrected chi connectivity index (χ1v) is 15.9. The Morgan fingerprint density at radius 2 is 1.86 bits per heavy atom. The summed E-state index contributed by atoms with van der Waals surface area (Å²) in [7, 11) is -3.67. The molecule has 0 spiro atoms. The number of aromatic nitrogens is 2. The number of imidazole rings is 1. The van der Waals surface area contributed by atoms with E-state index in [1.807, 2.05) is 32.9 Å². The van der Waals surface area contributed by atoms with E-state index < -0.39 is 51.3 Å². The Morgan fingerprint density at radius 1 is 1.21 bits per heavy atom. The van der Waals surface area contributed by atoms with Crippen molar-refractivity contribution >= 4 is 49.6 Å². The maximum absolute atomic E-state index is 13.1. The fourth-order valence-corrected chi connectivity index (χ4v) is 8.66. The lowest BCUT2D eigenvalue weighted by atomic mass is 9.66. The summed E-state index contributed by atoms with van der Waals surface area (Å²) in [5.41, 5.74) is 1.49. The summed E-state index contributed by atoms with van der Waals surface area (Å²) in [5.74, 6) is -2.37. The van der Waals surface area contributed by atoms with Crippen molar-refractivity contribution in [3.63, 3.8) is 0 Å². The van der Waals surface area contributed by atoms with Crippen LogP contribution in [0.25, 0.3) is 10.4 Å². The maximum Gasteiger partial charge on any atom is 0.513 e. The highest BCUT2D eigenvalue weighted by atomic mass is 32.2. The van der Waals surface area contributed by atoms with E-state index in [2.05, 4.69) is 4.98 Å². The Labute approximate surface area is 246 Å². The van der Waals surface area contributed by atoms with Crippen LogP contribution in [0.5, 0.6) is 5.75 Å². The highest BCUT2D eigenvalue weighted by molar-refractivity contribution is 7.91. The van der Waals surface area contributed by atoms with Gasteiger partial charge in [0.05, 0.1) is 29.5 Å². The van der Waals surface area contributed by atoms with E-state index >= 15 is 0 Å². The number of hydrogen-bond acceptors (Lipinski definition) is 10. The van der Waals surface area contributed by atoms with E-state index in [9.17, 15) is 33.0 Å². The second kappa shape index (κ2) is 10.2. The van der Waals surface area contributed by atoms with Gasteiger partial charge < -0.3 is 24.6 Å². The number of carboxylic acids is 1. The first-order chi connectivity index (χ1) is 19.6. The Kier molecular flexibility index (Phi) is 7.23. The van der Waals surface area contributed by atoms with Crippen molar-refractivity contribution in [2.24, 2.45) is 11.3 Å². The van der Waals surface area contributed by atoms with Crippen molar-refractivity contribution in [2.75, 3.05) is 12.9 Å². The molecule has 1 saturated heterocycles. The summed E-state index contributed by atoms with van der Waals surface area (Å²) in [6, 6.07) is 3.03. The Balaban J connectivity index is 1.51. The summed E-state index contributed by atoms with van der Waals surface area (Å²) in [5, 5.41) is 20.6. The number of aliphatic hydroxyl groups excluding tert-OH is 1. The van der Waals surface area contributed by atoms with Crippen LogP contribution in [0.2, 0.25) is 0 Å². The molecular formula is C28H31N3O9S2. The lowest BCUT2D eigenvalue weighted by Gasteiger charge is -2.50. The van der Waals surface area contributed by atoms with Crippen LogP contribution in [-0.2, 0) is 24.2 Å². The van der Waals surface area contributed by atoms with Gasteiger partial charge >= 0.3 is 12.1 Å². The maximum atomic E-state index is 13.1. The van der Waals surface area contributed by atoms with Gasteiger partial charge in [-0.1, -0.05) is 24.6 Å². The summed E-state index contributed by atoms with van der Waals surface area (Å²) in [4.78, 5) is 44.3. The van der Waals surface area contributed by atoms with Crippen molar-refractivity contribution < 1.29 is 42.5 Å². The number of rotatable bonds is 8. The van der Waals surface area contributed by atoms with E-state index in [0.29, 0.717) is 15.5 Å². The molecule has 3 aromatic rings.